The number of amides is 1. The van der Waals surface area contributed by atoms with Crippen LogP contribution in [0.15, 0.2) is 0 Å². The molecule has 4 fully saturated rings. The first-order chi connectivity index (χ1) is 8.84. The van der Waals surface area contributed by atoms with Gasteiger partial charge in [-0.15, -0.1) is 0 Å². The molecule has 0 aromatic heterocycles. The molecular weight excluding hydrogens is 242 g/mol. The second kappa shape index (κ2) is 3.97. The zero-order valence-corrected chi connectivity index (χ0v) is 11.7. The van der Waals surface area contributed by atoms with Crippen molar-refractivity contribution in [3.8, 4) is 0 Å². The number of carbonyl (C=O) groups is 2. The zero-order valence-electron chi connectivity index (χ0n) is 11.7. The number of carboxylic acid groups (broad SMARTS) is 1. The molecule has 4 aliphatic rings. The summed E-state index contributed by atoms with van der Waals surface area (Å²) in [6.45, 7) is 3.78. The van der Waals surface area contributed by atoms with Gasteiger partial charge in [-0.1, -0.05) is 13.8 Å². The van der Waals surface area contributed by atoms with Crippen LogP contribution in [0.3, 0.4) is 0 Å². The fraction of sp³-hybridized carbons (Fsp3) is 0.867. The molecule has 4 saturated carbocycles. The van der Waals surface area contributed by atoms with Gasteiger partial charge in [-0.25, -0.2) is 0 Å². The topological polar surface area (TPSA) is 66.4 Å². The Morgan fingerprint density at radius 2 is 1.74 bits per heavy atom. The minimum Gasteiger partial charge on any atom is -0.481 e. The van der Waals surface area contributed by atoms with Crippen molar-refractivity contribution < 1.29 is 14.7 Å². The van der Waals surface area contributed by atoms with Gasteiger partial charge in [0.15, 0.2) is 0 Å². The molecule has 0 aromatic carbocycles. The summed E-state index contributed by atoms with van der Waals surface area (Å²) in [5.74, 6) is 0.371. The van der Waals surface area contributed by atoms with Gasteiger partial charge >= 0.3 is 5.97 Å². The van der Waals surface area contributed by atoms with E-state index in [1.807, 2.05) is 13.8 Å². The molecule has 0 spiro atoms. The van der Waals surface area contributed by atoms with E-state index >= 15 is 0 Å². The smallest absolute Gasteiger partial charge is 0.309 e. The maximum absolute atomic E-state index is 12.0. The Labute approximate surface area is 113 Å². The highest BCUT2D eigenvalue weighted by atomic mass is 16.4. The van der Waals surface area contributed by atoms with Crippen LogP contribution < -0.4 is 5.32 Å². The predicted octanol–water partition coefficient (Wildman–Crippen LogP) is 2.18. The van der Waals surface area contributed by atoms with Gasteiger partial charge in [0.25, 0.3) is 0 Å². The van der Waals surface area contributed by atoms with E-state index in [9.17, 15) is 14.7 Å². The Bertz CT molecular complexity index is 415. The average Bonchev–Trinajstić information content (AvgIpc) is 2.25. The molecule has 0 heterocycles. The molecule has 0 aromatic rings. The maximum atomic E-state index is 12.0. The monoisotopic (exact) mass is 265 g/mol. The van der Waals surface area contributed by atoms with Gasteiger partial charge in [0.1, 0.15) is 0 Å². The predicted molar refractivity (Wildman–Crippen MR) is 70.5 cm³/mol. The highest BCUT2D eigenvalue weighted by Gasteiger charge is 2.61. The van der Waals surface area contributed by atoms with Gasteiger partial charge in [0, 0.05) is 11.5 Å². The van der Waals surface area contributed by atoms with Crippen LogP contribution >= 0.6 is 0 Å². The summed E-state index contributed by atoms with van der Waals surface area (Å²) in [6, 6.07) is 0. The van der Waals surface area contributed by atoms with Gasteiger partial charge in [-0.3, -0.25) is 9.59 Å². The van der Waals surface area contributed by atoms with Crippen LogP contribution in [-0.4, -0.2) is 22.5 Å². The van der Waals surface area contributed by atoms with Crippen LogP contribution in [0.25, 0.3) is 0 Å². The lowest BCUT2D eigenvalue weighted by Crippen LogP contribution is -2.65. The van der Waals surface area contributed by atoms with Gasteiger partial charge < -0.3 is 10.4 Å². The SMILES string of the molecule is CC(C)C(=O)NC12CC3CC(C1)CC(C(=O)O)(C3)C2. The molecule has 2 N–H and O–H groups in total. The molecule has 4 aliphatic carbocycles. The number of carbonyl (C=O) groups excluding carboxylic acids is 1. The number of hydrogen-bond acceptors (Lipinski definition) is 2. The summed E-state index contributed by atoms with van der Waals surface area (Å²) in [5.41, 5.74) is -0.793. The van der Waals surface area contributed by atoms with Crippen molar-refractivity contribution in [3.63, 3.8) is 0 Å². The molecule has 2 atom stereocenters. The van der Waals surface area contributed by atoms with E-state index in [1.165, 1.54) is 0 Å². The quantitative estimate of drug-likeness (QED) is 0.822. The van der Waals surface area contributed by atoms with E-state index in [4.69, 9.17) is 0 Å². The molecule has 0 saturated heterocycles. The van der Waals surface area contributed by atoms with Crippen LogP contribution in [0, 0.1) is 23.2 Å². The standard InChI is InChI=1S/C15H23NO3/c1-9(2)12(17)16-15-6-10-3-11(7-15)5-14(4-10,8-15)13(18)19/h9-11H,3-8H2,1-2H3,(H,16,17)(H,18,19). The number of carboxylic acids is 1. The van der Waals surface area contributed by atoms with E-state index in [-0.39, 0.29) is 17.4 Å². The van der Waals surface area contributed by atoms with Gasteiger partial charge in [0.05, 0.1) is 5.41 Å². The molecule has 106 valence electrons. The maximum Gasteiger partial charge on any atom is 0.309 e. The van der Waals surface area contributed by atoms with Crippen LogP contribution in [0.4, 0.5) is 0 Å². The molecule has 4 bridgehead atoms. The molecule has 4 rings (SSSR count). The van der Waals surface area contributed by atoms with Gasteiger partial charge in [-0.05, 0) is 50.4 Å². The Morgan fingerprint density at radius 3 is 2.21 bits per heavy atom. The molecule has 1 amide bonds. The van der Waals surface area contributed by atoms with E-state index in [0.29, 0.717) is 18.3 Å². The fourth-order valence-corrected chi connectivity index (χ4v) is 5.06. The van der Waals surface area contributed by atoms with E-state index in [0.717, 1.165) is 32.1 Å². The first-order valence-electron chi connectivity index (χ1n) is 7.40. The Kier molecular flexibility index (Phi) is 2.70. The molecule has 0 aliphatic heterocycles. The second-order valence-electron chi connectivity index (χ2n) is 7.47. The third kappa shape index (κ3) is 1.96. The Hall–Kier alpha value is -1.06. The van der Waals surface area contributed by atoms with Crippen molar-refractivity contribution in [2.75, 3.05) is 0 Å². The highest BCUT2D eigenvalue weighted by Crippen LogP contribution is 2.61. The zero-order chi connectivity index (χ0) is 13.8. The number of hydrogen-bond donors (Lipinski definition) is 2. The normalized spacial score (nSPS) is 43.5. The molecule has 4 nitrogen and oxygen atoms in total. The summed E-state index contributed by atoms with van der Waals surface area (Å²) < 4.78 is 0. The lowest BCUT2D eigenvalue weighted by atomic mass is 9.47. The summed E-state index contributed by atoms with van der Waals surface area (Å²) in [6.07, 6.45) is 5.40. The first kappa shape index (κ1) is 12.9. The number of rotatable bonds is 3. The molecular formula is C15H23NO3. The molecule has 4 heteroatoms. The summed E-state index contributed by atoms with van der Waals surface area (Å²) in [7, 11) is 0. The van der Waals surface area contributed by atoms with Crippen molar-refractivity contribution in [1.29, 1.82) is 0 Å². The lowest BCUT2D eigenvalue weighted by Gasteiger charge is -2.60. The van der Waals surface area contributed by atoms with E-state index < -0.39 is 11.4 Å². The van der Waals surface area contributed by atoms with Crippen molar-refractivity contribution in [2.24, 2.45) is 23.2 Å². The third-order valence-electron chi connectivity index (χ3n) is 5.43. The number of nitrogens with one attached hydrogen (secondary N) is 1. The van der Waals surface area contributed by atoms with Crippen LogP contribution in [-0.2, 0) is 9.59 Å². The molecule has 2 unspecified atom stereocenters. The molecule has 0 radical (unpaired) electrons. The first-order valence-corrected chi connectivity index (χ1v) is 7.40. The minimum atomic E-state index is -0.648. The van der Waals surface area contributed by atoms with Gasteiger partial charge in [0.2, 0.25) is 5.91 Å². The van der Waals surface area contributed by atoms with Crippen molar-refractivity contribution >= 4 is 11.9 Å². The van der Waals surface area contributed by atoms with Crippen LogP contribution in [0.2, 0.25) is 0 Å². The summed E-state index contributed by atoms with van der Waals surface area (Å²) in [4.78, 5) is 23.7. The third-order valence-corrected chi connectivity index (χ3v) is 5.43. The Balaban J connectivity index is 1.87. The second-order valence-corrected chi connectivity index (χ2v) is 7.47. The summed E-state index contributed by atoms with van der Waals surface area (Å²) in [5, 5.41) is 12.8. The highest BCUT2D eigenvalue weighted by molar-refractivity contribution is 5.80. The van der Waals surface area contributed by atoms with Crippen LogP contribution in [0.1, 0.15) is 52.4 Å². The average molecular weight is 265 g/mol. The van der Waals surface area contributed by atoms with Crippen LogP contribution in [0.5, 0.6) is 0 Å². The fourth-order valence-electron chi connectivity index (χ4n) is 5.06. The van der Waals surface area contributed by atoms with Crippen molar-refractivity contribution in [1.82, 2.24) is 5.32 Å². The van der Waals surface area contributed by atoms with Crippen molar-refractivity contribution in [2.45, 2.75) is 57.9 Å². The van der Waals surface area contributed by atoms with Crippen molar-refractivity contribution in [3.05, 3.63) is 0 Å². The number of aliphatic carboxylic acids is 1. The largest absolute Gasteiger partial charge is 0.481 e. The van der Waals surface area contributed by atoms with E-state index in [2.05, 4.69) is 5.32 Å². The lowest BCUT2D eigenvalue weighted by molar-refractivity contribution is -0.170. The van der Waals surface area contributed by atoms with Gasteiger partial charge in [-0.2, -0.15) is 0 Å². The minimum absolute atomic E-state index is 0.0335. The summed E-state index contributed by atoms with van der Waals surface area (Å²) >= 11 is 0. The Morgan fingerprint density at radius 1 is 1.16 bits per heavy atom. The van der Waals surface area contributed by atoms with E-state index in [1.54, 1.807) is 0 Å². The molecule has 19 heavy (non-hydrogen) atoms.